The summed E-state index contributed by atoms with van der Waals surface area (Å²) in [5.74, 6) is 1.53. The monoisotopic (exact) mass is 411 g/mol. The highest BCUT2D eigenvalue weighted by molar-refractivity contribution is 6.11. The molecule has 0 aliphatic heterocycles. The predicted molar refractivity (Wildman–Crippen MR) is 120 cm³/mol. The van der Waals surface area contributed by atoms with Gasteiger partial charge in [0.25, 0.3) is 5.91 Å². The molecule has 5 heteroatoms. The molecule has 0 atom stereocenters. The molecule has 1 amide bonds. The first-order valence-corrected chi connectivity index (χ1v) is 10.5. The second kappa shape index (κ2) is 10.8. The Morgan fingerprint density at radius 2 is 1.37 bits per heavy atom. The molecule has 0 fully saturated rings. The lowest BCUT2D eigenvalue weighted by Crippen LogP contribution is -2.30. The summed E-state index contributed by atoms with van der Waals surface area (Å²) < 4.78 is 11.6. The standard InChI is InChI=1S/C25H33NO4/c1-16(2)14-29-21-10-7-19(8-11-21)24(27)22-12-9-20(25(28)26-18(5)6)13-23(22)30-15-17(3)4/h7-13,16-18H,14-15H2,1-6H3,(H,26,28). The SMILES string of the molecule is CC(C)COc1ccc(C(=O)c2ccc(C(=O)NC(C)C)cc2OCC(C)C)cc1. The number of amides is 1. The molecule has 0 unspecified atom stereocenters. The van der Waals surface area contributed by atoms with Crippen molar-refractivity contribution in [3.8, 4) is 11.5 Å². The van der Waals surface area contributed by atoms with Gasteiger partial charge in [-0.1, -0.05) is 27.7 Å². The van der Waals surface area contributed by atoms with Crippen LogP contribution in [-0.4, -0.2) is 30.9 Å². The van der Waals surface area contributed by atoms with Crippen LogP contribution < -0.4 is 14.8 Å². The largest absolute Gasteiger partial charge is 0.493 e. The van der Waals surface area contributed by atoms with E-state index in [0.29, 0.717) is 47.5 Å². The van der Waals surface area contributed by atoms with E-state index in [9.17, 15) is 9.59 Å². The van der Waals surface area contributed by atoms with E-state index in [1.807, 2.05) is 27.7 Å². The minimum atomic E-state index is -0.190. The number of hydrogen-bond donors (Lipinski definition) is 1. The van der Waals surface area contributed by atoms with E-state index < -0.39 is 0 Å². The summed E-state index contributed by atoms with van der Waals surface area (Å²) in [5.41, 5.74) is 1.45. The van der Waals surface area contributed by atoms with Gasteiger partial charge in [-0.05, 0) is 68.1 Å². The molecule has 0 aliphatic carbocycles. The molecule has 0 spiro atoms. The van der Waals surface area contributed by atoms with Crippen LogP contribution in [-0.2, 0) is 0 Å². The molecule has 0 bridgehead atoms. The minimum absolute atomic E-state index is 0.0234. The Bertz CT molecular complexity index is 854. The zero-order valence-electron chi connectivity index (χ0n) is 18.8. The molecule has 5 nitrogen and oxygen atoms in total. The van der Waals surface area contributed by atoms with Gasteiger partial charge >= 0.3 is 0 Å². The van der Waals surface area contributed by atoms with Gasteiger partial charge in [-0.25, -0.2) is 0 Å². The van der Waals surface area contributed by atoms with Crippen molar-refractivity contribution in [2.24, 2.45) is 11.8 Å². The number of ketones is 1. The summed E-state index contributed by atoms with van der Waals surface area (Å²) in [6.45, 7) is 13.1. The number of ether oxygens (including phenoxy) is 2. The van der Waals surface area contributed by atoms with Crippen LogP contribution in [0.2, 0.25) is 0 Å². The van der Waals surface area contributed by atoms with Gasteiger partial charge in [-0.3, -0.25) is 9.59 Å². The van der Waals surface area contributed by atoms with Crippen molar-refractivity contribution in [3.63, 3.8) is 0 Å². The Kier molecular flexibility index (Phi) is 8.46. The molecular formula is C25H33NO4. The Labute approximate surface area is 179 Å². The first kappa shape index (κ1) is 23.5. The molecule has 1 N–H and O–H groups in total. The van der Waals surface area contributed by atoms with Crippen molar-refractivity contribution in [1.82, 2.24) is 5.32 Å². The molecule has 0 saturated heterocycles. The molecular weight excluding hydrogens is 378 g/mol. The van der Waals surface area contributed by atoms with Crippen LogP contribution in [0.4, 0.5) is 0 Å². The van der Waals surface area contributed by atoms with Crippen molar-refractivity contribution < 1.29 is 19.1 Å². The van der Waals surface area contributed by atoms with Crippen LogP contribution in [0.1, 0.15) is 67.8 Å². The van der Waals surface area contributed by atoms with E-state index in [-0.39, 0.29) is 17.7 Å². The van der Waals surface area contributed by atoms with E-state index in [1.165, 1.54) is 0 Å². The van der Waals surface area contributed by atoms with Crippen molar-refractivity contribution in [2.75, 3.05) is 13.2 Å². The molecule has 0 aliphatic rings. The summed E-state index contributed by atoms with van der Waals surface area (Å²) >= 11 is 0. The van der Waals surface area contributed by atoms with E-state index >= 15 is 0 Å². The molecule has 2 rings (SSSR count). The summed E-state index contributed by atoms with van der Waals surface area (Å²) in [6.07, 6.45) is 0. The molecule has 0 heterocycles. The zero-order chi connectivity index (χ0) is 22.3. The van der Waals surface area contributed by atoms with Gasteiger partial charge in [0.1, 0.15) is 11.5 Å². The number of rotatable bonds is 10. The summed E-state index contributed by atoms with van der Waals surface area (Å²) in [7, 11) is 0. The third-order valence-electron chi connectivity index (χ3n) is 4.18. The third kappa shape index (κ3) is 6.90. The van der Waals surface area contributed by atoms with Crippen molar-refractivity contribution in [2.45, 2.75) is 47.6 Å². The maximum Gasteiger partial charge on any atom is 0.251 e. The van der Waals surface area contributed by atoms with E-state index in [1.54, 1.807) is 42.5 Å². The van der Waals surface area contributed by atoms with Crippen LogP contribution in [0.5, 0.6) is 11.5 Å². The highest BCUT2D eigenvalue weighted by Gasteiger charge is 2.18. The third-order valence-corrected chi connectivity index (χ3v) is 4.18. The lowest BCUT2D eigenvalue weighted by Gasteiger charge is -2.15. The lowest BCUT2D eigenvalue weighted by atomic mass is 10.00. The fourth-order valence-electron chi connectivity index (χ4n) is 2.69. The molecule has 0 saturated carbocycles. The Morgan fingerprint density at radius 1 is 0.800 bits per heavy atom. The van der Waals surface area contributed by atoms with E-state index in [2.05, 4.69) is 19.2 Å². The number of hydrogen-bond acceptors (Lipinski definition) is 4. The van der Waals surface area contributed by atoms with Crippen LogP contribution in [0, 0.1) is 11.8 Å². The zero-order valence-corrected chi connectivity index (χ0v) is 18.8. The van der Waals surface area contributed by atoms with Crippen molar-refractivity contribution in [3.05, 3.63) is 59.2 Å². The Balaban J connectivity index is 2.28. The normalized spacial score (nSPS) is 11.1. The maximum absolute atomic E-state index is 13.1. The van der Waals surface area contributed by atoms with Gasteiger partial charge < -0.3 is 14.8 Å². The fourth-order valence-corrected chi connectivity index (χ4v) is 2.69. The van der Waals surface area contributed by atoms with E-state index in [0.717, 1.165) is 5.75 Å². The predicted octanol–water partition coefficient (Wildman–Crippen LogP) is 5.13. The van der Waals surface area contributed by atoms with Gasteiger partial charge in [-0.15, -0.1) is 0 Å². The molecule has 0 aromatic heterocycles. The topological polar surface area (TPSA) is 64.6 Å². The highest BCUT2D eigenvalue weighted by Crippen LogP contribution is 2.25. The lowest BCUT2D eigenvalue weighted by molar-refractivity contribution is 0.0940. The molecule has 2 aromatic rings. The van der Waals surface area contributed by atoms with Crippen LogP contribution >= 0.6 is 0 Å². The number of carbonyl (C=O) groups excluding carboxylic acids is 2. The van der Waals surface area contributed by atoms with Crippen LogP contribution in [0.15, 0.2) is 42.5 Å². The number of benzene rings is 2. The van der Waals surface area contributed by atoms with E-state index in [4.69, 9.17) is 9.47 Å². The first-order valence-electron chi connectivity index (χ1n) is 10.5. The minimum Gasteiger partial charge on any atom is -0.493 e. The maximum atomic E-state index is 13.1. The Morgan fingerprint density at radius 3 is 1.93 bits per heavy atom. The second-order valence-corrected chi connectivity index (χ2v) is 8.60. The fraction of sp³-hybridized carbons (Fsp3) is 0.440. The summed E-state index contributed by atoms with van der Waals surface area (Å²) in [4.78, 5) is 25.5. The Hall–Kier alpha value is -2.82. The van der Waals surface area contributed by atoms with Gasteiger partial charge in [0, 0.05) is 17.2 Å². The molecule has 162 valence electrons. The number of nitrogens with one attached hydrogen (secondary N) is 1. The van der Waals surface area contributed by atoms with Gasteiger partial charge in [-0.2, -0.15) is 0 Å². The second-order valence-electron chi connectivity index (χ2n) is 8.60. The number of carbonyl (C=O) groups is 2. The van der Waals surface area contributed by atoms with Gasteiger partial charge in [0.2, 0.25) is 0 Å². The van der Waals surface area contributed by atoms with Crippen LogP contribution in [0.3, 0.4) is 0 Å². The van der Waals surface area contributed by atoms with Crippen molar-refractivity contribution in [1.29, 1.82) is 0 Å². The average molecular weight is 412 g/mol. The summed E-state index contributed by atoms with van der Waals surface area (Å²) in [5, 5.41) is 2.86. The molecule has 2 aromatic carbocycles. The molecule has 0 radical (unpaired) electrons. The van der Waals surface area contributed by atoms with Gasteiger partial charge in [0.05, 0.1) is 18.8 Å². The smallest absolute Gasteiger partial charge is 0.251 e. The quantitative estimate of drug-likeness (QED) is 0.551. The highest BCUT2D eigenvalue weighted by atomic mass is 16.5. The summed E-state index contributed by atoms with van der Waals surface area (Å²) in [6, 6.07) is 12.1. The van der Waals surface area contributed by atoms with Gasteiger partial charge in [0.15, 0.2) is 5.78 Å². The van der Waals surface area contributed by atoms with Crippen molar-refractivity contribution >= 4 is 11.7 Å². The molecule has 30 heavy (non-hydrogen) atoms. The van der Waals surface area contributed by atoms with Crippen LogP contribution in [0.25, 0.3) is 0 Å². The average Bonchev–Trinajstić information content (AvgIpc) is 2.69. The first-order chi connectivity index (χ1) is 14.2.